The van der Waals surface area contributed by atoms with Gasteiger partial charge < -0.3 is 0 Å². The molecule has 284 valence electrons. The van der Waals surface area contributed by atoms with Crippen molar-refractivity contribution in [3.05, 3.63) is 161 Å². The van der Waals surface area contributed by atoms with Crippen molar-refractivity contribution in [1.29, 1.82) is 0 Å². The summed E-state index contributed by atoms with van der Waals surface area (Å²) in [4.78, 5) is 0. The van der Waals surface area contributed by atoms with Crippen molar-refractivity contribution >= 4 is 17.1 Å². The van der Waals surface area contributed by atoms with Gasteiger partial charge in [0.15, 0.2) is 0 Å². The molecule has 1 heteroatoms. The predicted molar refractivity (Wildman–Crippen MR) is 240 cm³/mol. The summed E-state index contributed by atoms with van der Waals surface area (Å²) < 4.78 is 0.781. The number of benzene rings is 6. The first-order valence-corrected chi connectivity index (χ1v) is 22.3. The molecule has 0 aliphatic heterocycles. The maximum Gasteiger partial charge on any atom is 0.147 e. The van der Waals surface area contributed by atoms with E-state index in [-0.39, 0.29) is 0 Å². The lowest BCUT2D eigenvalue weighted by atomic mass is 9.94. The zero-order chi connectivity index (χ0) is 37.7. The third-order valence-electron chi connectivity index (χ3n) is 13.6. The first kappa shape index (κ1) is 36.9. The van der Waals surface area contributed by atoms with Crippen molar-refractivity contribution in [1.82, 2.24) is 4.48 Å². The second-order valence-electron chi connectivity index (χ2n) is 17.0. The molecular formula is C55H60N+. The van der Waals surface area contributed by atoms with E-state index in [0.717, 1.165) is 30.3 Å². The van der Waals surface area contributed by atoms with Crippen LogP contribution >= 0.6 is 0 Å². The molecule has 0 amide bonds. The molecule has 0 saturated heterocycles. The first-order chi connectivity index (χ1) is 27.8. The highest BCUT2D eigenvalue weighted by Crippen LogP contribution is 2.57. The molecule has 0 unspecified atom stereocenters. The fourth-order valence-corrected chi connectivity index (χ4v) is 10.8. The van der Waals surface area contributed by atoms with Crippen LogP contribution in [0.3, 0.4) is 0 Å². The van der Waals surface area contributed by atoms with Crippen LogP contribution in [-0.4, -0.2) is 6.54 Å². The molecule has 0 atom stereocenters. The van der Waals surface area contributed by atoms with Gasteiger partial charge in [-0.05, 0) is 62.9 Å². The van der Waals surface area contributed by atoms with Gasteiger partial charge in [-0.2, -0.15) is 0 Å². The zero-order valence-corrected chi connectivity index (χ0v) is 33.8. The lowest BCUT2D eigenvalue weighted by Crippen LogP contribution is -2.42. The lowest BCUT2D eigenvalue weighted by Gasteiger charge is -2.41. The van der Waals surface area contributed by atoms with E-state index in [1.165, 1.54) is 174 Å². The summed E-state index contributed by atoms with van der Waals surface area (Å²) in [7, 11) is 0. The van der Waals surface area contributed by atoms with Crippen LogP contribution in [-0.2, 0) is 19.3 Å². The highest BCUT2D eigenvalue weighted by molar-refractivity contribution is 5.92. The topological polar surface area (TPSA) is 0 Å². The Morgan fingerprint density at radius 2 is 0.625 bits per heavy atom. The molecule has 0 radical (unpaired) electrons. The molecule has 0 fully saturated rings. The van der Waals surface area contributed by atoms with Gasteiger partial charge in [-0.15, -0.1) is 0 Å². The van der Waals surface area contributed by atoms with E-state index in [0.29, 0.717) is 0 Å². The fraction of sp³-hybridized carbons (Fsp3) is 0.345. The van der Waals surface area contributed by atoms with Crippen LogP contribution in [0.4, 0.5) is 17.1 Å². The van der Waals surface area contributed by atoms with E-state index in [2.05, 4.69) is 134 Å². The van der Waals surface area contributed by atoms with Crippen molar-refractivity contribution < 1.29 is 0 Å². The summed E-state index contributed by atoms with van der Waals surface area (Å²) in [6.07, 6.45) is 22.2. The molecule has 6 aromatic carbocycles. The molecule has 0 bridgehead atoms. The van der Waals surface area contributed by atoms with Crippen LogP contribution in [0.25, 0.3) is 33.4 Å². The Morgan fingerprint density at radius 3 is 0.982 bits per heavy atom. The van der Waals surface area contributed by atoms with Gasteiger partial charge >= 0.3 is 0 Å². The summed E-state index contributed by atoms with van der Waals surface area (Å²) in [5.41, 5.74) is 21.9. The number of quaternary nitrogens is 1. The van der Waals surface area contributed by atoms with Gasteiger partial charge in [-0.1, -0.05) is 193 Å². The number of nitrogens with zero attached hydrogens (tertiary/aromatic N) is 1. The van der Waals surface area contributed by atoms with Crippen LogP contribution in [0.15, 0.2) is 127 Å². The van der Waals surface area contributed by atoms with Gasteiger partial charge in [-0.3, -0.25) is 0 Å². The summed E-state index contributed by atoms with van der Waals surface area (Å²) >= 11 is 0. The molecule has 0 spiro atoms. The number of unbranched alkanes of at least 4 members (excludes halogenated alkanes) is 13. The Balaban J connectivity index is 1.09. The van der Waals surface area contributed by atoms with Crippen LogP contribution in [0.5, 0.6) is 0 Å². The zero-order valence-electron chi connectivity index (χ0n) is 33.8. The Hall–Kier alpha value is -4.72. The maximum absolute atomic E-state index is 2.51. The second-order valence-corrected chi connectivity index (χ2v) is 17.0. The van der Waals surface area contributed by atoms with E-state index in [1.54, 1.807) is 0 Å². The van der Waals surface area contributed by atoms with Crippen LogP contribution < -0.4 is 4.48 Å². The monoisotopic (exact) mass is 734 g/mol. The molecule has 1 nitrogen and oxygen atoms in total. The Bertz CT molecular complexity index is 2070. The summed E-state index contributed by atoms with van der Waals surface area (Å²) in [6.45, 7) is 3.37. The van der Waals surface area contributed by atoms with Crippen molar-refractivity contribution in [2.24, 2.45) is 0 Å². The van der Waals surface area contributed by atoms with Crippen molar-refractivity contribution in [2.45, 2.75) is 116 Å². The SMILES string of the molecule is CCCCCCCCCCCCCCCC[N+](c1cccc2c1Cc1ccccc1-2)(c1cccc2c1Cc1ccccc1-2)c1cccc2c1Cc1ccccc1-2. The highest BCUT2D eigenvalue weighted by Gasteiger charge is 2.45. The Morgan fingerprint density at radius 1 is 0.321 bits per heavy atom. The summed E-state index contributed by atoms with van der Waals surface area (Å²) in [5, 5.41) is 0. The normalized spacial score (nSPS) is 13.2. The highest BCUT2D eigenvalue weighted by atomic mass is 15.4. The van der Waals surface area contributed by atoms with Crippen molar-refractivity contribution in [3.8, 4) is 33.4 Å². The minimum Gasteiger partial charge on any atom is -0.226 e. The minimum absolute atomic E-state index is 0.781. The average molecular weight is 735 g/mol. The first-order valence-electron chi connectivity index (χ1n) is 22.3. The van der Waals surface area contributed by atoms with Crippen molar-refractivity contribution in [3.63, 3.8) is 0 Å². The van der Waals surface area contributed by atoms with Gasteiger partial charge in [0.25, 0.3) is 0 Å². The number of fused-ring (bicyclic) bond motifs is 9. The Kier molecular flexibility index (Phi) is 11.1. The smallest absolute Gasteiger partial charge is 0.147 e. The van der Waals surface area contributed by atoms with Gasteiger partial charge in [0.2, 0.25) is 0 Å². The number of hydrogen-bond donors (Lipinski definition) is 0. The van der Waals surface area contributed by atoms with Crippen LogP contribution in [0.1, 0.15) is 130 Å². The maximum atomic E-state index is 2.51. The van der Waals surface area contributed by atoms with E-state index in [4.69, 9.17) is 0 Å². The van der Waals surface area contributed by atoms with Gasteiger partial charge in [0, 0.05) is 54.2 Å². The van der Waals surface area contributed by atoms with Crippen LogP contribution in [0, 0.1) is 0 Å². The average Bonchev–Trinajstić information content (AvgIpc) is 3.94. The largest absolute Gasteiger partial charge is 0.226 e. The summed E-state index contributed by atoms with van der Waals surface area (Å²) in [5.74, 6) is 0. The number of rotatable bonds is 18. The molecule has 56 heavy (non-hydrogen) atoms. The summed E-state index contributed by atoms with van der Waals surface area (Å²) in [6, 6.07) is 49.3. The van der Waals surface area contributed by atoms with Gasteiger partial charge in [0.1, 0.15) is 17.1 Å². The van der Waals surface area contributed by atoms with E-state index >= 15 is 0 Å². The molecule has 0 saturated carbocycles. The quantitative estimate of drug-likeness (QED) is 0.0608. The predicted octanol–water partition coefficient (Wildman–Crippen LogP) is 15.9. The van der Waals surface area contributed by atoms with Gasteiger partial charge in [0.05, 0.1) is 6.54 Å². The van der Waals surface area contributed by atoms with E-state index in [9.17, 15) is 0 Å². The molecule has 9 rings (SSSR count). The molecule has 0 aromatic heterocycles. The van der Waals surface area contributed by atoms with Gasteiger partial charge in [-0.25, -0.2) is 4.48 Å². The number of hydrogen-bond acceptors (Lipinski definition) is 0. The van der Waals surface area contributed by atoms with E-state index in [1.807, 2.05) is 0 Å². The fourth-order valence-electron chi connectivity index (χ4n) is 10.8. The minimum atomic E-state index is 0.781. The molecule has 6 aromatic rings. The molecule has 3 aliphatic rings. The third-order valence-corrected chi connectivity index (χ3v) is 13.6. The van der Waals surface area contributed by atoms with E-state index < -0.39 is 0 Å². The van der Waals surface area contributed by atoms with Crippen LogP contribution in [0.2, 0.25) is 0 Å². The molecular weight excluding hydrogens is 675 g/mol. The molecule has 3 aliphatic carbocycles. The standard InChI is InChI=1S/C55H60N/c1-2-3-4-5-6-7-8-9-10-11-12-13-14-21-37-56(53-34-22-31-47-44-28-18-15-25-41(44)38-50(47)53,54-35-23-32-48-45-29-19-16-26-42(45)39-51(48)54)55-36-24-33-49-46-30-20-17-27-43(46)40-52(49)55/h15-20,22-36H,2-14,21,37-40H2,1H3/q+1. The Labute approximate surface area is 337 Å². The third kappa shape index (κ3) is 6.87. The van der Waals surface area contributed by atoms with Crippen molar-refractivity contribution in [2.75, 3.05) is 6.54 Å². The lowest BCUT2D eigenvalue weighted by molar-refractivity contribution is 0.467. The molecule has 0 heterocycles. The molecule has 0 N–H and O–H groups in total. The second kappa shape index (κ2) is 16.8.